The highest BCUT2D eigenvalue weighted by molar-refractivity contribution is 5.95. The number of methoxy groups -OCH3 is 1. The van der Waals surface area contributed by atoms with E-state index in [0.29, 0.717) is 5.56 Å². The normalized spacial score (nSPS) is 20.2. The smallest absolute Gasteiger partial charge is 0.256 e. The second-order valence-electron chi connectivity index (χ2n) is 7.13. The quantitative estimate of drug-likeness (QED) is 0.712. The Kier molecular flexibility index (Phi) is 5.46. The number of aliphatic hydroxyl groups excluding tert-OH is 1. The first kappa shape index (κ1) is 19.6. The van der Waals surface area contributed by atoms with Crippen LogP contribution in [0, 0.1) is 11.3 Å². The van der Waals surface area contributed by atoms with Crippen LogP contribution < -0.4 is 4.74 Å². The van der Waals surface area contributed by atoms with Crippen LogP contribution in [0.15, 0.2) is 73.1 Å². The Bertz CT molecular complexity index is 1080. The average Bonchev–Trinajstić information content (AvgIpc) is 2.80. The minimum absolute atomic E-state index is 0.219. The van der Waals surface area contributed by atoms with E-state index in [1.54, 1.807) is 25.4 Å². The summed E-state index contributed by atoms with van der Waals surface area (Å²) in [6, 6.07) is 20.1. The Morgan fingerprint density at radius 3 is 2.57 bits per heavy atom. The number of carbonyl (C=O) groups excluding carboxylic acids is 1. The molecule has 4 rings (SSSR count). The molecule has 1 N–H and O–H groups in total. The van der Waals surface area contributed by atoms with Crippen LogP contribution in [0.5, 0.6) is 5.75 Å². The second kappa shape index (κ2) is 8.36. The molecule has 150 valence electrons. The van der Waals surface area contributed by atoms with Gasteiger partial charge in [0.15, 0.2) is 0 Å². The van der Waals surface area contributed by atoms with Crippen molar-refractivity contribution >= 4 is 5.91 Å². The number of hydrogen-bond acceptors (Lipinski definition) is 5. The van der Waals surface area contributed by atoms with Gasteiger partial charge < -0.3 is 14.7 Å². The van der Waals surface area contributed by atoms with Gasteiger partial charge in [0.1, 0.15) is 11.8 Å². The number of pyridine rings is 1. The third kappa shape index (κ3) is 3.30. The van der Waals surface area contributed by atoms with Crippen molar-refractivity contribution in [3.05, 3.63) is 84.2 Å². The number of nitriles is 1. The largest absolute Gasteiger partial charge is 0.496 e. The molecule has 1 aliphatic heterocycles. The molecule has 1 fully saturated rings. The molecule has 0 radical (unpaired) electrons. The van der Waals surface area contributed by atoms with Crippen molar-refractivity contribution in [2.45, 2.75) is 18.0 Å². The molecule has 1 amide bonds. The van der Waals surface area contributed by atoms with Crippen LogP contribution in [0.25, 0.3) is 11.1 Å². The van der Waals surface area contributed by atoms with E-state index in [9.17, 15) is 15.2 Å². The summed E-state index contributed by atoms with van der Waals surface area (Å²) in [5.74, 6) is 0.230. The van der Waals surface area contributed by atoms with Crippen molar-refractivity contribution in [1.29, 1.82) is 5.26 Å². The van der Waals surface area contributed by atoms with E-state index in [-0.39, 0.29) is 18.4 Å². The number of amides is 1. The number of ether oxygens (including phenoxy) is 1. The summed E-state index contributed by atoms with van der Waals surface area (Å²) in [5.41, 5.74) is 3.28. The molecule has 0 aliphatic carbocycles. The molecular weight excluding hydrogens is 378 g/mol. The van der Waals surface area contributed by atoms with Crippen LogP contribution in [0.3, 0.4) is 0 Å². The topological polar surface area (TPSA) is 86.5 Å². The minimum Gasteiger partial charge on any atom is -0.496 e. The maximum Gasteiger partial charge on any atom is 0.256 e. The maximum atomic E-state index is 12.9. The number of benzene rings is 2. The predicted octanol–water partition coefficient (Wildman–Crippen LogP) is 3.25. The molecule has 1 aromatic heterocycles. The van der Waals surface area contributed by atoms with Crippen molar-refractivity contribution in [1.82, 2.24) is 9.88 Å². The van der Waals surface area contributed by atoms with Crippen LogP contribution >= 0.6 is 0 Å². The molecule has 3 aromatic rings. The Labute approximate surface area is 175 Å². The fraction of sp³-hybridized carbons (Fsp3) is 0.208. The van der Waals surface area contributed by atoms with Gasteiger partial charge >= 0.3 is 0 Å². The van der Waals surface area contributed by atoms with E-state index < -0.39 is 12.1 Å². The van der Waals surface area contributed by atoms with Crippen LogP contribution in [0.2, 0.25) is 0 Å². The Balaban J connectivity index is 1.61. The van der Waals surface area contributed by atoms with Gasteiger partial charge in [0, 0.05) is 23.9 Å². The van der Waals surface area contributed by atoms with Crippen LogP contribution in [-0.2, 0) is 0 Å². The Morgan fingerprint density at radius 2 is 1.93 bits per heavy atom. The predicted molar refractivity (Wildman–Crippen MR) is 112 cm³/mol. The Hall–Kier alpha value is -3.69. The molecule has 0 saturated carbocycles. The van der Waals surface area contributed by atoms with Crippen LogP contribution in [-0.4, -0.2) is 46.7 Å². The highest BCUT2D eigenvalue weighted by Gasteiger charge is 2.51. The first-order chi connectivity index (χ1) is 14.7. The number of aromatic nitrogens is 1. The van der Waals surface area contributed by atoms with Crippen molar-refractivity contribution < 1.29 is 14.6 Å². The molecule has 6 nitrogen and oxygen atoms in total. The summed E-state index contributed by atoms with van der Waals surface area (Å²) in [7, 11) is 1.64. The number of likely N-dealkylation sites (tertiary alicyclic amines) is 1. The number of rotatable bonds is 5. The zero-order valence-electron chi connectivity index (χ0n) is 16.5. The van der Waals surface area contributed by atoms with Gasteiger partial charge in [0.05, 0.1) is 31.4 Å². The Morgan fingerprint density at radius 1 is 1.17 bits per heavy atom. The fourth-order valence-corrected chi connectivity index (χ4v) is 4.09. The van der Waals surface area contributed by atoms with Crippen LogP contribution in [0.4, 0.5) is 0 Å². The lowest BCUT2D eigenvalue weighted by Gasteiger charge is -2.51. The number of para-hydroxylation sites is 1. The highest BCUT2D eigenvalue weighted by atomic mass is 16.5. The van der Waals surface area contributed by atoms with Crippen molar-refractivity contribution in [3.8, 4) is 22.9 Å². The molecule has 0 spiro atoms. The number of aliphatic hydroxyl groups is 1. The summed E-state index contributed by atoms with van der Waals surface area (Å²) in [6.07, 6.45) is 3.06. The lowest BCUT2D eigenvalue weighted by Crippen LogP contribution is -2.65. The van der Waals surface area contributed by atoms with Gasteiger partial charge in [0.2, 0.25) is 0 Å². The fourth-order valence-electron chi connectivity index (χ4n) is 4.09. The SMILES string of the molecule is COc1ccccc1-c1ccc([C@H]2[C@@H](CO)N(C(=O)c3cccnc3)[C@H]2C#N)cc1. The summed E-state index contributed by atoms with van der Waals surface area (Å²) >= 11 is 0. The van der Waals surface area contributed by atoms with E-state index in [1.165, 1.54) is 11.1 Å². The van der Waals surface area contributed by atoms with Gasteiger partial charge in [-0.05, 0) is 29.3 Å². The van der Waals surface area contributed by atoms with Gasteiger partial charge in [0.25, 0.3) is 5.91 Å². The van der Waals surface area contributed by atoms with Crippen molar-refractivity contribution in [3.63, 3.8) is 0 Å². The maximum absolute atomic E-state index is 12.9. The molecule has 2 aromatic carbocycles. The summed E-state index contributed by atoms with van der Waals surface area (Å²) in [4.78, 5) is 18.3. The van der Waals surface area contributed by atoms with E-state index >= 15 is 0 Å². The van der Waals surface area contributed by atoms with E-state index in [4.69, 9.17) is 4.74 Å². The van der Waals surface area contributed by atoms with Crippen molar-refractivity contribution in [2.24, 2.45) is 0 Å². The number of carbonyl (C=O) groups is 1. The molecule has 0 unspecified atom stereocenters. The van der Waals surface area contributed by atoms with Gasteiger partial charge in [-0.25, -0.2) is 0 Å². The average molecular weight is 399 g/mol. The first-order valence-corrected chi connectivity index (χ1v) is 9.66. The lowest BCUT2D eigenvalue weighted by molar-refractivity contribution is -0.00588. The van der Waals surface area contributed by atoms with Crippen LogP contribution in [0.1, 0.15) is 21.8 Å². The molecule has 1 aliphatic rings. The number of nitrogens with zero attached hydrogens (tertiary/aromatic N) is 3. The summed E-state index contributed by atoms with van der Waals surface area (Å²) < 4.78 is 5.44. The molecule has 1 saturated heterocycles. The standard InChI is InChI=1S/C24H21N3O3/c1-30-22-7-3-2-6-19(22)16-8-10-17(11-9-16)23-20(13-25)27(21(23)15-28)24(29)18-5-4-12-26-14-18/h2-12,14,20-21,23,28H,15H2,1H3/t20-,21+,23+/m0/s1. The first-order valence-electron chi connectivity index (χ1n) is 9.66. The molecule has 30 heavy (non-hydrogen) atoms. The van der Waals surface area contributed by atoms with Crippen molar-refractivity contribution in [2.75, 3.05) is 13.7 Å². The molecule has 3 atom stereocenters. The minimum atomic E-state index is -0.646. The highest BCUT2D eigenvalue weighted by Crippen LogP contribution is 2.42. The van der Waals surface area contributed by atoms with Gasteiger partial charge in [-0.3, -0.25) is 9.78 Å². The summed E-state index contributed by atoms with van der Waals surface area (Å²) in [6.45, 7) is -0.219. The lowest BCUT2D eigenvalue weighted by atomic mass is 9.75. The molecular formula is C24H21N3O3. The molecule has 2 heterocycles. The molecule has 0 bridgehead atoms. The van der Waals surface area contributed by atoms with Gasteiger partial charge in [-0.15, -0.1) is 0 Å². The van der Waals surface area contributed by atoms with E-state index in [0.717, 1.165) is 22.4 Å². The zero-order valence-corrected chi connectivity index (χ0v) is 16.5. The monoisotopic (exact) mass is 399 g/mol. The van der Waals surface area contributed by atoms with E-state index in [1.807, 2.05) is 48.5 Å². The third-order valence-electron chi connectivity index (χ3n) is 5.59. The second-order valence-corrected chi connectivity index (χ2v) is 7.13. The van der Waals surface area contributed by atoms with Gasteiger partial charge in [-0.1, -0.05) is 42.5 Å². The zero-order chi connectivity index (χ0) is 21.1. The summed E-state index contributed by atoms with van der Waals surface area (Å²) in [5, 5.41) is 19.7. The third-order valence-corrected chi connectivity index (χ3v) is 5.59. The number of hydrogen-bond donors (Lipinski definition) is 1. The molecule has 6 heteroatoms. The van der Waals surface area contributed by atoms with Gasteiger partial charge in [-0.2, -0.15) is 5.26 Å². The van der Waals surface area contributed by atoms with E-state index in [2.05, 4.69) is 11.1 Å².